The number of pyridine rings is 1. The number of amides is 1. The van der Waals surface area contributed by atoms with Gasteiger partial charge in [-0.05, 0) is 130 Å². The van der Waals surface area contributed by atoms with E-state index in [-0.39, 0.29) is 29.8 Å². The van der Waals surface area contributed by atoms with E-state index in [2.05, 4.69) is 31.1 Å². The predicted molar refractivity (Wildman–Crippen MR) is 159 cm³/mol. The molecule has 0 aromatic carbocycles. The van der Waals surface area contributed by atoms with Gasteiger partial charge in [0, 0.05) is 11.6 Å². The van der Waals surface area contributed by atoms with E-state index < -0.39 is 11.7 Å². The molecule has 1 saturated heterocycles. The lowest BCUT2D eigenvalue weighted by Crippen LogP contribution is -2.55. The highest BCUT2D eigenvalue weighted by Gasteiger charge is 2.81. The van der Waals surface area contributed by atoms with Crippen LogP contribution in [-0.4, -0.2) is 51.3 Å². The molecular formula is C35H52N2O5. The van der Waals surface area contributed by atoms with E-state index in [1.165, 1.54) is 38.5 Å². The van der Waals surface area contributed by atoms with Gasteiger partial charge in [-0.2, -0.15) is 0 Å². The molecule has 1 aromatic rings. The van der Waals surface area contributed by atoms with Crippen molar-refractivity contribution in [2.45, 2.75) is 135 Å². The molecule has 5 aliphatic carbocycles. The van der Waals surface area contributed by atoms with E-state index >= 15 is 0 Å². The first kappa shape index (κ1) is 29.0. The summed E-state index contributed by atoms with van der Waals surface area (Å²) in [6.07, 6.45) is 12.0. The number of carbonyl (C=O) groups excluding carboxylic acids is 1. The van der Waals surface area contributed by atoms with Crippen molar-refractivity contribution in [2.75, 3.05) is 0 Å². The van der Waals surface area contributed by atoms with Crippen LogP contribution in [0.25, 0.3) is 0 Å². The molecule has 0 radical (unpaired) electrons. The molecule has 5 saturated carbocycles. The molecule has 2 heterocycles. The summed E-state index contributed by atoms with van der Waals surface area (Å²) in [5, 5.41) is 24.2. The maximum absolute atomic E-state index is 12.9. The van der Waals surface area contributed by atoms with Crippen LogP contribution < -0.4 is 5.32 Å². The van der Waals surface area contributed by atoms with Crippen molar-refractivity contribution in [1.29, 1.82) is 0 Å². The van der Waals surface area contributed by atoms with Crippen LogP contribution in [-0.2, 0) is 16.0 Å². The van der Waals surface area contributed by atoms with Crippen LogP contribution in [0.5, 0.6) is 0 Å². The van der Waals surface area contributed by atoms with Gasteiger partial charge in [0.2, 0.25) is 0 Å². The predicted octanol–water partition coefficient (Wildman–Crippen LogP) is 6.01. The van der Waals surface area contributed by atoms with Crippen LogP contribution >= 0.6 is 0 Å². The lowest BCUT2D eigenvalue weighted by Gasteiger charge is -2.59. The fourth-order valence-electron chi connectivity index (χ4n) is 12.0. The monoisotopic (exact) mass is 580 g/mol. The van der Waals surface area contributed by atoms with Crippen LogP contribution in [0.2, 0.25) is 0 Å². The molecule has 1 amide bonds. The first-order valence-corrected chi connectivity index (χ1v) is 16.7. The van der Waals surface area contributed by atoms with Gasteiger partial charge in [-0.25, -0.2) is 4.79 Å². The second kappa shape index (κ2) is 9.65. The van der Waals surface area contributed by atoms with E-state index in [0.717, 1.165) is 37.3 Å². The molecule has 6 fully saturated rings. The largest absolute Gasteiger partial charge is 0.446 e. The zero-order valence-electron chi connectivity index (χ0n) is 26.3. The minimum Gasteiger partial charge on any atom is -0.446 e. The number of rotatable bonds is 5. The number of nitrogens with zero attached hydrogens (tertiary/aromatic N) is 1. The number of hydrogen-bond acceptors (Lipinski definition) is 6. The minimum atomic E-state index is -1.15. The molecule has 3 N–H and O–H groups in total. The number of carbonyl (C=O) groups is 1. The average Bonchev–Trinajstić information content (AvgIpc) is 3.53. The number of aliphatic hydroxyl groups is 2. The minimum absolute atomic E-state index is 0.0525. The van der Waals surface area contributed by atoms with Gasteiger partial charge in [-0.15, -0.1) is 0 Å². The summed E-state index contributed by atoms with van der Waals surface area (Å²) >= 11 is 0. The van der Waals surface area contributed by atoms with Gasteiger partial charge in [0.25, 0.3) is 0 Å². The van der Waals surface area contributed by atoms with Gasteiger partial charge in [0.05, 0.1) is 30.0 Å². The SMILES string of the molecule is CC12CCC34CC35CC[C@H](OC(=O)NCc3ccccn3)C(C)(C)C5CCC4C1CC1OC([C@H](O)C(C)(C)O)CCC12. The highest BCUT2D eigenvalue weighted by molar-refractivity contribution is 5.67. The van der Waals surface area contributed by atoms with Gasteiger partial charge in [-0.1, -0.05) is 26.8 Å². The number of fused-ring (bicyclic) bond motifs is 4. The lowest BCUT2D eigenvalue weighted by atomic mass is 9.46. The highest BCUT2D eigenvalue weighted by atomic mass is 16.6. The molecule has 1 aliphatic heterocycles. The molecular weight excluding hydrogens is 528 g/mol. The van der Waals surface area contributed by atoms with Gasteiger partial charge in [0.1, 0.15) is 12.2 Å². The van der Waals surface area contributed by atoms with Crippen molar-refractivity contribution in [2.24, 2.45) is 45.3 Å². The number of ether oxygens (including phenoxy) is 2. The fourth-order valence-corrected chi connectivity index (χ4v) is 12.0. The normalized spacial score (nSPS) is 45.7. The molecule has 1 aromatic heterocycles. The van der Waals surface area contributed by atoms with Crippen LogP contribution in [0, 0.1) is 45.3 Å². The Hall–Kier alpha value is -1.70. The van der Waals surface area contributed by atoms with Crippen molar-refractivity contribution in [3.63, 3.8) is 0 Å². The summed E-state index contributed by atoms with van der Waals surface area (Å²) in [5.74, 6) is 2.56. The number of alkyl carbamates (subject to hydrolysis) is 1. The number of aliphatic hydroxyl groups excluding tert-OH is 1. The summed E-state index contributed by atoms with van der Waals surface area (Å²) in [6, 6.07) is 5.72. The molecule has 7 nitrogen and oxygen atoms in total. The molecule has 11 atom stereocenters. The number of aromatic nitrogens is 1. The summed E-state index contributed by atoms with van der Waals surface area (Å²) in [6.45, 7) is 11.0. The lowest BCUT2D eigenvalue weighted by molar-refractivity contribution is -0.177. The van der Waals surface area contributed by atoms with Crippen molar-refractivity contribution < 1.29 is 24.5 Å². The maximum atomic E-state index is 12.9. The average molecular weight is 581 g/mol. The van der Waals surface area contributed by atoms with Crippen molar-refractivity contribution in [3.8, 4) is 0 Å². The van der Waals surface area contributed by atoms with Crippen LogP contribution in [0.1, 0.15) is 105 Å². The van der Waals surface area contributed by atoms with E-state index in [1.807, 2.05) is 18.2 Å². The van der Waals surface area contributed by atoms with E-state index in [4.69, 9.17) is 9.47 Å². The van der Waals surface area contributed by atoms with Crippen LogP contribution in [0.3, 0.4) is 0 Å². The quantitative estimate of drug-likeness (QED) is 0.394. The van der Waals surface area contributed by atoms with Gasteiger partial charge in [0.15, 0.2) is 0 Å². The third-order valence-electron chi connectivity index (χ3n) is 14.0. The molecule has 232 valence electrons. The molecule has 9 unspecified atom stereocenters. The van der Waals surface area contributed by atoms with Gasteiger partial charge >= 0.3 is 6.09 Å². The van der Waals surface area contributed by atoms with Crippen LogP contribution in [0.4, 0.5) is 4.79 Å². The Bertz CT molecular complexity index is 1200. The van der Waals surface area contributed by atoms with E-state index in [9.17, 15) is 15.0 Å². The Kier molecular flexibility index (Phi) is 6.67. The Morgan fingerprint density at radius 3 is 2.60 bits per heavy atom. The summed E-state index contributed by atoms with van der Waals surface area (Å²) in [5.41, 5.74) is 0.763. The zero-order chi connectivity index (χ0) is 29.7. The summed E-state index contributed by atoms with van der Waals surface area (Å²) in [7, 11) is 0. The maximum Gasteiger partial charge on any atom is 0.407 e. The molecule has 6 aliphatic rings. The summed E-state index contributed by atoms with van der Waals surface area (Å²) in [4.78, 5) is 17.2. The second-order valence-corrected chi connectivity index (χ2v) is 16.5. The molecule has 7 rings (SSSR count). The van der Waals surface area contributed by atoms with Gasteiger partial charge < -0.3 is 25.0 Å². The van der Waals surface area contributed by atoms with Crippen molar-refractivity contribution in [1.82, 2.24) is 10.3 Å². The van der Waals surface area contributed by atoms with E-state index in [1.54, 1.807) is 20.0 Å². The molecule has 0 bridgehead atoms. The Labute approximate surface area is 251 Å². The number of hydrogen-bond donors (Lipinski definition) is 3. The van der Waals surface area contributed by atoms with E-state index in [0.29, 0.717) is 40.5 Å². The third-order valence-corrected chi connectivity index (χ3v) is 14.0. The smallest absolute Gasteiger partial charge is 0.407 e. The zero-order valence-corrected chi connectivity index (χ0v) is 26.3. The first-order chi connectivity index (χ1) is 19.8. The molecule has 42 heavy (non-hydrogen) atoms. The Balaban J connectivity index is 1.04. The summed E-state index contributed by atoms with van der Waals surface area (Å²) < 4.78 is 12.8. The molecule has 2 spiro atoms. The van der Waals surface area contributed by atoms with Crippen molar-refractivity contribution in [3.05, 3.63) is 30.1 Å². The second-order valence-electron chi connectivity index (χ2n) is 16.5. The molecule has 7 heteroatoms. The number of nitrogens with one attached hydrogen (secondary N) is 1. The van der Waals surface area contributed by atoms with Crippen LogP contribution in [0.15, 0.2) is 24.4 Å². The third kappa shape index (κ3) is 4.15. The highest BCUT2D eigenvalue weighted by Crippen LogP contribution is 2.87. The topological polar surface area (TPSA) is 101 Å². The first-order valence-electron chi connectivity index (χ1n) is 16.7. The fraction of sp³-hybridized carbons (Fsp3) is 0.829. The van der Waals surface area contributed by atoms with Gasteiger partial charge in [-0.3, -0.25) is 4.98 Å². The Morgan fingerprint density at radius 2 is 1.86 bits per heavy atom. The Morgan fingerprint density at radius 1 is 1.07 bits per heavy atom. The van der Waals surface area contributed by atoms with Crippen molar-refractivity contribution >= 4 is 6.09 Å². The standard InChI is InChI=1S/C35H52N2O5/c1-31(2)27-12-10-22-24-18-26-23(9-11-25(41-26)29(38)32(3,4)40)33(24,5)15-16-34(22)20-35(27,34)14-13-28(31)42-30(39)37-19-21-8-6-7-17-36-21/h6-8,17,22-29,38,40H,9-16,18-20H2,1-5H3,(H,37,39)/t22?,23?,24?,25?,26?,27?,28-,29-,33?,34?,35?/m0/s1.